The predicted octanol–water partition coefficient (Wildman–Crippen LogP) is 1.56. The number of allylic oxidation sites excluding steroid dienone is 2. The van der Waals surface area contributed by atoms with Crippen LogP contribution in [-0.4, -0.2) is 11.7 Å². The number of imidazole rings is 1. The summed E-state index contributed by atoms with van der Waals surface area (Å²) in [6.45, 7) is 2.07. The second kappa shape index (κ2) is 7.35. The Balaban J connectivity index is 0.00000180. The van der Waals surface area contributed by atoms with E-state index in [2.05, 4.69) is 57.8 Å². The van der Waals surface area contributed by atoms with Gasteiger partial charge in [-0.05, 0) is 49.1 Å². The third kappa shape index (κ3) is 3.02. The summed E-state index contributed by atoms with van der Waals surface area (Å²) in [6.07, 6.45) is 6.00. The van der Waals surface area contributed by atoms with Crippen molar-refractivity contribution in [3.8, 4) is 17.0 Å². The van der Waals surface area contributed by atoms with Crippen LogP contribution in [0.25, 0.3) is 22.4 Å². The number of methoxy groups -OCH3 is 1. The topological polar surface area (TPSA) is 18.0 Å². The molecule has 0 unspecified atom stereocenters. The minimum Gasteiger partial charge on any atom is -1.00 e. The molecule has 0 saturated carbocycles. The molecule has 0 N–H and O–H groups in total. The molecule has 3 aromatic rings. The van der Waals surface area contributed by atoms with E-state index in [1.165, 1.54) is 53.1 Å². The first-order valence-corrected chi connectivity index (χ1v) is 9.40. The smallest absolute Gasteiger partial charge is 0.285 e. The number of aromatic nitrogens is 2. The standard InChI is InChI=1S/C23H23N2O.BrH/c1-26-19-12-10-18(11-13-19)22-16-24-15-21(17-7-3-2-4-8-17)20-9-5-6-14-25(22)23(20)24;/h2-4,7-8,10-13,16H,5-6,9,14-15H2,1H3;1H/q+1;/p-1. The zero-order valence-corrected chi connectivity index (χ0v) is 17.1. The Morgan fingerprint density at radius 3 is 2.41 bits per heavy atom. The second-order valence-corrected chi connectivity index (χ2v) is 7.13. The van der Waals surface area contributed by atoms with Crippen LogP contribution in [0.5, 0.6) is 5.75 Å². The van der Waals surface area contributed by atoms with E-state index in [1.54, 1.807) is 7.11 Å². The van der Waals surface area contributed by atoms with Gasteiger partial charge in [-0.25, -0.2) is 9.13 Å². The van der Waals surface area contributed by atoms with Gasteiger partial charge in [-0.2, -0.15) is 0 Å². The molecule has 2 aliphatic rings. The third-order valence-electron chi connectivity index (χ3n) is 5.63. The summed E-state index contributed by atoms with van der Waals surface area (Å²) in [4.78, 5) is 0. The van der Waals surface area contributed by atoms with E-state index in [0.717, 1.165) is 18.8 Å². The van der Waals surface area contributed by atoms with Gasteiger partial charge in [-0.3, -0.25) is 0 Å². The zero-order valence-electron chi connectivity index (χ0n) is 15.5. The molecule has 0 spiro atoms. The molecule has 5 rings (SSSR count). The molecule has 3 heterocycles. The lowest BCUT2D eigenvalue weighted by atomic mass is 9.98. The Morgan fingerprint density at radius 1 is 0.889 bits per heavy atom. The highest BCUT2D eigenvalue weighted by atomic mass is 79.9. The van der Waals surface area contributed by atoms with Crippen LogP contribution in [0.4, 0.5) is 0 Å². The van der Waals surface area contributed by atoms with Crippen LogP contribution in [0.15, 0.2) is 60.8 Å². The van der Waals surface area contributed by atoms with Crippen molar-refractivity contribution in [2.24, 2.45) is 0 Å². The molecule has 0 amide bonds. The fourth-order valence-corrected chi connectivity index (χ4v) is 4.36. The van der Waals surface area contributed by atoms with Crippen molar-refractivity contribution in [3.63, 3.8) is 0 Å². The van der Waals surface area contributed by atoms with Crippen LogP contribution in [0.1, 0.15) is 30.7 Å². The normalized spacial score (nSPS) is 15.1. The summed E-state index contributed by atoms with van der Waals surface area (Å²) in [6, 6.07) is 19.3. The maximum Gasteiger partial charge on any atom is 0.285 e. The maximum atomic E-state index is 5.31. The molecule has 4 heteroatoms. The molecule has 0 bridgehead atoms. The van der Waals surface area contributed by atoms with Gasteiger partial charge in [-0.1, -0.05) is 30.3 Å². The fourth-order valence-electron chi connectivity index (χ4n) is 4.36. The van der Waals surface area contributed by atoms with E-state index in [9.17, 15) is 0 Å². The summed E-state index contributed by atoms with van der Waals surface area (Å²) in [7, 11) is 1.72. The first-order chi connectivity index (χ1) is 12.8. The maximum absolute atomic E-state index is 5.31. The molecule has 1 aromatic heterocycles. The highest BCUT2D eigenvalue weighted by Gasteiger charge is 2.36. The molecule has 0 radical (unpaired) electrons. The van der Waals surface area contributed by atoms with Crippen molar-refractivity contribution in [1.29, 1.82) is 0 Å². The Bertz CT molecular complexity index is 987. The van der Waals surface area contributed by atoms with Crippen molar-refractivity contribution >= 4 is 11.1 Å². The minimum absolute atomic E-state index is 0. The molecular weight excluding hydrogens is 400 g/mol. The lowest BCUT2D eigenvalue weighted by Gasteiger charge is -2.05. The Labute approximate surface area is 170 Å². The molecule has 138 valence electrons. The molecule has 27 heavy (non-hydrogen) atoms. The average Bonchev–Trinajstić information content (AvgIpc) is 3.13. The lowest BCUT2D eigenvalue weighted by molar-refractivity contribution is -0.681. The number of ether oxygens (including phenoxy) is 1. The number of nitrogens with zero attached hydrogens (tertiary/aromatic N) is 2. The SMILES string of the molecule is COc1ccc(-c2c[n+]3c4n2CCCCC4=C(c2ccccc2)C3)cc1.[Br-]. The molecule has 0 aliphatic carbocycles. The summed E-state index contributed by atoms with van der Waals surface area (Å²) < 4.78 is 10.3. The molecule has 2 aromatic carbocycles. The van der Waals surface area contributed by atoms with Crippen LogP contribution < -0.4 is 26.3 Å². The Hall–Kier alpha value is -2.33. The van der Waals surface area contributed by atoms with E-state index in [1.807, 2.05) is 12.1 Å². The number of benzene rings is 2. The minimum atomic E-state index is 0. The zero-order chi connectivity index (χ0) is 17.5. The highest BCUT2D eigenvalue weighted by Crippen LogP contribution is 2.38. The second-order valence-electron chi connectivity index (χ2n) is 7.13. The molecule has 2 aliphatic heterocycles. The van der Waals surface area contributed by atoms with Crippen LogP contribution >= 0.6 is 0 Å². The number of hydrogen-bond donors (Lipinski definition) is 0. The van der Waals surface area contributed by atoms with Crippen LogP contribution in [0.3, 0.4) is 0 Å². The van der Waals surface area contributed by atoms with Crippen LogP contribution in [0.2, 0.25) is 0 Å². The molecular formula is C23H23BrN2O. The van der Waals surface area contributed by atoms with E-state index in [0.29, 0.717) is 0 Å². The summed E-state index contributed by atoms with van der Waals surface area (Å²) >= 11 is 0. The van der Waals surface area contributed by atoms with Gasteiger partial charge in [-0.15, -0.1) is 0 Å². The van der Waals surface area contributed by atoms with Gasteiger partial charge in [0, 0.05) is 16.7 Å². The van der Waals surface area contributed by atoms with Crippen molar-refractivity contribution in [1.82, 2.24) is 4.57 Å². The van der Waals surface area contributed by atoms with E-state index in [4.69, 9.17) is 4.74 Å². The predicted molar refractivity (Wildman–Crippen MR) is 104 cm³/mol. The first-order valence-electron chi connectivity index (χ1n) is 9.40. The fraction of sp³-hybridized carbons (Fsp3) is 0.261. The quantitative estimate of drug-likeness (QED) is 0.585. The van der Waals surface area contributed by atoms with Gasteiger partial charge in [0.1, 0.15) is 18.5 Å². The highest BCUT2D eigenvalue weighted by molar-refractivity contribution is 5.90. The largest absolute Gasteiger partial charge is 1.00 e. The first kappa shape index (κ1) is 18.1. The van der Waals surface area contributed by atoms with Crippen LogP contribution in [0, 0.1) is 0 Å². The van der Waals surface area contributed by atoms with Crippen molar-refractivity contribution in [2.45, 2.75) is 32.4 Å². The van der Waals surface area contributed by atoms with Gasteiger partial charge < -0.3 is 21.7 Å². The van der Waals surface area contributed by atoms with Crippen molar-refractivity contribution < 1.29 is 26.3 Å². The average molecular weight is 423 g/mol. The summed E-state index contributed by atoms with van der Waals surface area (Å²) in [5.74, 6) is 2.32. The van der Waals surface area contributed by atoms with Crippen LogP contribution in [-0.2, 0) is 13.1 Å². The lowest BCUT2D eigenvalue weighted by Crippen LogP contribution is -3.00. The monoisotopic (exact) mass is 422 g/mol. The number of hydrogen-bond acceptors (Lipinski definition) is 1. The van der Waals surface area contributed by atoms with Crippen molar-refractivity contribution in [3.05, 3.63) is 72.2 Å². The van der Waals surface area contributed by atoms with Gasteiger partial charge in [0.2, 0.25) is 0 Å². The summed E-state index contributed by atoms with van der Waals surface area (Å²) in [5, 5.41) is 0. The van der Waals surface area contributed by atoms with Gasteiger partial charge in [0.15, 0.2) is 5.69 Å². The molecule has 0 fully saturated rings. The van der Waals surface area contributed by atoms with E-state index < -0.39 is 0 Å². The van der Waals surface area contributed by atoms with Gasteiger partial charge >= 0.3 is 0 Å². The number of rotatable bonds is 3. The third-order valence-corrected chi connectivity index (χ3v) is 5.63. The van der Waals surface area contributed by atoms with E-state index in [-0.39, 0.29) is 17.0 Å². The Morgan fingerprint density at radius 2 is 1.67 bits per heavy atom. The molecule has 0 saturated heterocycles. The van der Waals surface area contributed by atoms with E-state index >= 15 is 0 Å². The Kier molecular flexibility index (Phi) is 4.92. The molecule has 3 nitrogen and oxygen atoms in total. The van der Waals surface area contributed by atoms with Gasteiger partial charge in [0.05, 0.1) is 13.7 Å². The number of halogens is 1. The summed E-state index contributed by atoms with van der Waals surface area (Å²) in [5.41, 5.74) is 6.97. The molecule has 0 atom stereocenters. The van der Waals surface area contributed by atoms with Gasteiger partial charge in [0.25, 0.3) is 5.82 Å². The van der Waals surface area contributed by atoms with Crippen molar-refractivity contribution in [2.75, 3.05) is 7.11 Å².